The highest BCUT2D eigenvalue weighted by Crippen LogP contribution is 2.27. The molecule has 5 nitrogen and oxygen atoms in total. The van der Waals surface area contributed by atoms with Crippen LogP contribution in [-0.2, 0) is 9.59 Å². The van der Waals surface area contributed by atoms with E-state index < -0.39 is 0 Å². The molecule has 0 atom stereocenters. The van der Waals surface area contributed by atoms with Crippen LogP contribution in [0.2, 0.25) is 0 Å². The Morgan fingerprint density at radius 2 is 2.00 bits per heavy atom. The van der Waals surface area contributed by atoms with E-state index in [1.165, 1.54) is 0 Å². The van der Waals surface area contributed by atoms with Crippen molar-refractivity contribution in [3.63, 3.8) is 0 Å². The molecular formula is C11H22ClN3O2. The van der Waals surface area contributed by atoms with Crippen LogP contribution in [0.15, 0.2) is 0 Å². The summed E-state index contributed by atoms with van der Waals surface area (Å²) in [6.45, 7) is 4.93. The average Bonchev–Trinajstić information content (AvgIpc) is 3.05. The van der Waals surface area contributed by atoms with Crippen molar-refractivity contribution in [1.29, 1.82) is 0 Å². The molecule has 17 heavy (non-hydrogen) atoms. The van der Waals surface area contributed by atoms with Crippen LogP contribution in [0.5, 0.6) is 0 Å². The standard InChI is InChI=1S/C11H21N3O2.ClH/c1-8(2)7-14(9-3-4-9)11(16)6-13-10(15)5-12;/h8-9H,3-7,12H2,1-2H3,(H,13,15);1H. The summed E-state index contributed by atoms with van der Waals surface area (Å²) in [4.78, 5) is 24.7. The summed E-state index contributed by atoms with van der Waals surface area (Å²) in [6.07, 6.45) is 2.17. The van der Waals surface area contributed by atoms with Gasteiger partial charge in [0, 0.05) is 12.6 Å². The third-order valence-electron chi connectivity index (χ3n) is 2.49. The van der Waals surface area contributed by atoms with Crippen molar-refractivity contribution >= 4 is 24.2 Å². The minimum Gasteiger partial charge on any atom is -0.346 e. The Morgan fingerprint density at radius 3 is 2.41 bits per heavy atom. The first-order chi connectivity index (χ1) is 7.54. The van der Waals surface area contributed by atoms with E-state index >= 15 is 0 Å². The Balaban J connectivity index is 0.00000256. The van der Waals surface area contributed by atoms with Gasteiger partial charge in [0.1, 0.15) is 0 Å². The van der Waals surface area contributed by atoms with Crippen LogP contribution in [0, 0.1) is 5.92 Å². The maximum atomic E-state index is 11.9. The SMILES string of the molecule is CC(C)CN(C(=O)CNC(=O)CN)C1CC1.Cl. The van der Waals surface area contributed by atoms with Crippen molar-refractivity contribution in [2.75, 3.05) is 19.6 Å². The third kappa shape index (κ3) is 5.89. The van der Waals surface area contributed by atoms with Crippen LogP contribution in [0.1, 0.15) is 26.7 Å². The molecule has 0 aliphatic heterocycles. The summed E-state index contributed by atoms with van der Waals surface area (Å²) >= 11 is 0. The van der Waals surface area contributed by atoms with Crippen molar-refractivity contribution in [3.8, 4) is 0 Å². The summed E-state index contributed by atoms with van der Waals surface area (Å²) in [7, 11) is 0. The topological polar surface area (TPSA) is 75.4 Å². The third-order valence-corrected chi connectivity index (χ3v) is 2.49. The van der Waals surface area contributed by atoms with Crippen LogP contribution in [-0.4, -0.2) is 42.4 Å². The van der Waals surface area contributed by atoms with Crippen LogP contribution >= 0.6 is 12.4 Å². The van der Waals surface area contributed by atoms with Gasteiger partial charge in [0.15, 0.2) is 0 Å². The molecule has 0 heterocycles. The number of hydrogen-bond donors (Lipinski definition) is 2. The predicted molar refractivity (Wildman–Crippen MR) is 68.9 cm³/mol. The zero-order chi connectivity index (χ0) is 12.1. The van der Waals surface area contributed by atoms with Crippen LogP contribution in [0.4, 0.5) is 0 Å². The first-order valence-electron chi connectivity index (χ1n) is 5.80. The first-order valence-corrected chi connectivity index (χ1v) is 5.80. The smallest absolute Gasteiger partial charge is 0.242 e. The molecule has 0 radical (unpaired) electrons. The van der Waals surface area contributed by atoms with Gasteiger partial charge >= 0.3 is 0 Å². The molecule has 100 valence electrons. The Morgan fingerprint density at radius 1 is 1.41 bits per heavy atom. The first kappa shape index (κ1) is 16.2. The predicted octanol–water partition coefficient (Wildman–Crippen LogP) is 0.130. The van der Waals surface area contributed by atoms with E-state index in [-0.39, 0.29) is 37.3 Å². The highest BCUT2D eigenvalue weighted by Gasteiger charge is 2.32. The molecule has 0 unspecified atom stereocenters. The van der Waals surface area contributed by atoms with Gasteiger partial charge in [0.05, 0.1) is 13.1 Å². The van der Waals surface area contributed by atoms with Crippen molar-refractivity contribution < 1.29 is 9.59 Å². The Kier molecular flexibility index (Phi) is 7.15. The average molecular weight is 264 g/mol. The summed E-state index contributed by atoms with van der Waals surface area (Å²) in [5.41, 5.74) is 5.15. The second-order valence-corrected chi connectivity index (χ2v) is 4.65. The number of hydrogen-bond acceptors (Lipinski definition) is 3. The Bertz CT molecular complexity index is 267. The summed E-state index contributed by atoms with van der Waals surface area (Å²) in [5.74, 6) is 0.168. The van der Waals surface area contributed by atoms with Crippen molar-refractivity contribution in [2.45, 2.75) is 32.7 Å². The number of carbonyl (C=O) groups is 2. The molecule has 1 fully saturated rings. The molecule has 1 aliphatic rings. The molecule has 1 saturated carbocycles. The lowest BCUT2D eigenvalue weighted by atomic mass is 10.2. The zero-order valence-corrected chi connectivity index (χ0v) is 11.3. The molecule has 0 aromatic heterocycles. The number of nitrogens with one attached hydrogen (secondary N) is 1. The van der Waals surface area contributed by atoms with Gasteiger partial charge in [-0.25, -0.2) is 0 Å². The van der Waals surface area contributed by atoms with Gasteiger partial charge in [-0.05, 0) is 18.8 Å². The summed E-state index contributed by atoms with van der Waals surface area (Å²) in [6, 6.07) is 0.393. The van der Waals surface area contributed by atoms with Gasteiger partial charge < -0.3 is 16.0 Å². The van der Waals surface area contributed by atoms with E-state index in [4.69, 9.17) is 5.73 Å². The molecule has 0 spiro atoms. The van der Waals surface area contributed by atoms with Gasteiger partial charge in [-0.2, -0.15) is 0 Å². The number of halogens is 1. The van der Waals surface area contributed by atoms with E-state index in [2.05, 4.69) is 19.2 Å². The lowest BCUT2D eigenvalue weighted by Crippen LogP contribution is -2.44. The second kappa shape index (κ2) is 7.50. The number of carbonyl (C=O) groups excluding carboxylic acids is 2. The number of amides is 2. The minimum atomic E-state index is -0.284. The molecule has 1 rings (SSSR count). The molecule has 6 heteroatoms. The van der Waals surface area contributed by atoms with E-state index in [1.54, 1.807) is 0 Å². The monoisotopic (exact) mass is 263 g/mol. The summed E-state index contributed by atoms with van der Waals surface area (Å²) < 4.78 is 0. The van der Waals surface area contributed by atoms with E-state index in [9.17, 15) is 9.59 Å². The van der Waals surface area contributed by atoms with Gasteiger partial charge in [-0.3, -0.25) is 9.59 Å². The molecule has 2 amide bonds. The van der Waals surface area contributed by atoms with E-state index in [0.717, 1.165) is 19.4 Å². The Hall–Kier alpha value is -0.810. The second-order valence-electron chi connectivity index (χ2n) is 4.65. The number of nitrogens with zero attached hydrogens (tertiary/aromatic N) is 1. The van der Waals surface area contributed by atoms with E-state index in [0.29, 0.717) is 12.0 Å². The zero-order valence-electron chi connectivity index (χ0n) is 10.4. The van der Waals surface area contributed by atoms with Gasteiger partial charge in [-0.15, -0.1) is 12.4 Å². The molecule has 3 N–H and O–H groups in total. The molecule has 0 bridgehead atoms. The molecular weight excluding hydrogens is 242 g/mol. The number of nitrogens with two attached hydrogens (primary N) is 1. The lowest BCUT2D eigenvalue weighted by molar-refractivity contribution is -0.133. The highest BCUT2D eigenvalue weighted by atomic mass is 35.5. The number of rotatable bonds is 6. The van der Waals surface area contributed by atoms with E-state index in [1.807, 2.05) is 4.90 Å². The van der Waals surface area contributed by atoms with Crippen molar-refractivity contribution in [3.05, 3.63) is 0 Å². The fraction of sp³-hybridized carbons (Fsp3) is 0.818. The summed E-state index contributed by atoms with van der Waals surface area (Å²) in [5, 5.41) is 2.51. The molecule has 0 saturated heterocycles. The molecule has 0 aromatic rings. The Labute approximate surface area is 109 Å². The van der Waals surface area contributed by atoms with Crippen LogP contribution in [0.25, 0.3) is 0 Å². The van der Waals surface area contributed by atoms with Gasteiger partial charge in [-0.1, -0.05) is 13.8 Å². The lowest BCUT2D eigenvalue weighted by Gasteiger charge is -2.24. The molecule has 0 aromatic carbocycles. The normalized spacial score (nSPS) is 14.1. The van der Waals surface area contributed by atoms with Crippen molar-refractivity contribution in [1.82, 2.24) is 10.2 Å². The quantitative estimate of drug-likeness (QED) is 0.715. The van der Waals surface area contributed by atoms with Crippen LogP contribution < -0.4 is 11.1 Å². The molecule has 1 aliphatic carbocycles. The fourth-order valence-corrected chi connectivity index (χ4v) is 1.58. The van der Waals surface area contributed by atoms with Gasteiger partial charge in [0.2, 0.25) is 11.8 Å². The maximum Gasteiger partial charge on any atom is 0.242 e. The fourth-order valence-electron chi connectivity index (χ4n) is 1.58. The minimum absolute atomic E-state index is 0. The largest absolute Gasteiger partial charge is 0.346 e. The van der Waals surface area contributed by atoms with Gasteiger partial charge in [0.25, 0.3) is 0 Å². The van der Waals surface area contributed by atoms with Crippen LogP contribution in [0.3, 0.4) is 0 Å². The maximum absolute atomic E-state index is 11.9. The van der Waals surface area contributed by atoms with Crippen molar-refractivity contribution in [2.24, 2.45) is 11.7 Å². The highest BCUT2D eigenvalue weighted by molar-refractivity contribution is 5.86.